The molecule has 0 aliphatic rings. The van der Waals surface area contributed by atoms with E-state index in [1.54, 1.807) is 18.4 Å². The Balaban J connectivity index is 1.70. The van der Waals surface area contributed by atoms with E-state index in [0.717, 1.165) is 26.5 Å². The fraction of sp³-hybridized carbons (Fsp3) is 0.188. The number of nitrogens with zero attached hydrogens (tertiary/aromatic N) is 1. The summed E-state index contributed by atoms with van der Waals surface area (Å²) < 4.78 is 18.6. The molecule has 0 amide bonds. The third-order valence-electron chi connectivity index (χ3n) is 3.08. The van der Waals surface area contributed by atoms with Crippen LogP contribution in [-0.4, -0.2) is 16.3 Å². The van der Waals surface area contributed by atoms with Crippen LogP contribution in [0.3, 0.4) is 0 Å². The Bertz CT molecular complexity index is 750. The van der Waals surface area contributed by atoms with Crippen LogP contribution < -0.4 is 4.74 Å². The van der Waals surface area contributed by atoms with E-state index in [1.807, 2.05) is 48.5 Å². The lowest BCUT2D eigenvalue weighted by Crippen LogP contribution is -1.99. The Morgan fingerprint density at radius 2 is 2.00 bits per heavy atom. The standard InChI is InChI=1S/C16H15NO2S2/c1-19-13-6-4-5-12(9-13)10-21(18)11-16-17-14-7-2-3-8-15(14)20-16/h2-9H,10-11H2,1H3/t21-/m1/s1. The van der Waals surface area contributed by atoms with Gasteiger partial charge in [0.15, 0.2) is 0 Å². The molecule has 1 aromatic heterocycles. The van der Waals surface area contributed by atoms with E-state index in [2.05, 4.69) is 4.98 Å². The zero-order valence-corrected chi connectivity index (χ0v) is 13.2. The van der Waals surface area contributed by atoms with E-state index in [9.17, 15) is 4.21 Å². The minimum absolute atomic E-state index is 0.497. The van der Waals surface area contributed by atoms with Crippen LogP contribution >= 0.6 is 11.3 Å². The van der Waals surface area contributed by atoms with Gasteiger partial charge in [0, 0.05) is 16.6 Å². The molecule has 3 aromatic rings. The number of methoxy groups -OCH3 is 1. The summed E-state index contributed by atoms with van der Waals surface area (Å²) in [5.41, 5.74) is 2.00. The summed E-state index contributed by atoms with van der Waals surface area (Å²) in [5.74, 6) is 1.81. The molecule has 1 atom stereocenters. The maximum atomic E-state index is 12.3. The Morgan fingerprint density at radius 3 is 2.81 bits per heavy atom. The van der Waals surface area contributed by atoms with Crippen molar-refractivity contribution in [3.63, 3.8) is 0 Å². The van der Waals surface area contributed by atoms with Gasteiger partial charge in [0.05, 0.1) is 23.1 Å². The third kappa shape index (κ3) is 3.49. The normalized spacial score (nSPS) is 12.4. The summed E-state index contributed by atoms with van der Waals surface area (Å²) in [6.45, 7) is 0. The van der Waals surface area contributed by atoms with Gasteiger partial charge < -0.3 is 4.74 Å². The van der Waals surface area contributed by atoms with Crippen molar-refractivity contribution < 1.29 is 8.95 Å². The van der Waals surface area contributed by atoms with Crippen LogP contribution in [0.5, 0.6) is 5.75 Å². The Hall–Kier alpha value is -1.72. The number of para-hydroxylation sites is 1. The van der Waals surface area contributed by atoms with Crippen LogP contribution in [0.4, 0.5) is 0 Å². The van der Waals surface area contributed by atoms with Crippen molar-refractivity contribution in [1.29, 1.82) is 0 Å². The molecular weight excluding hydrogens is 302 g/mol. The average Bonchev–Trinajstić information content (AvgIpc) is 2.89. The quantitative estimate of drug-likeness (QED) is 0.719. The van der Waals surface area contributed by atoms with Crippen molar-refractivity contribution in [3.8, 4) is 5.75 Å². The van der Waals surface area contributed by atoms with Gasteiger partial charge in [0.25, 0.3) is 0 Å². The minimum Gasteiger partial charge on any atom is -0.497 e. The molecule has 1 heterocycles. The maximum Gasteiger partial charge on any atom is 0.119 e. The first-order valence-corrected chi connectivity index (χ1v) is 8.87. The Morgan fingerprint density at radius 1 is 1.14 bits per heavy atom. The zero-order valence-electron chi connectivity index (χ0n) is 11.6. The SMILES string of the molecule is COc1cccc(C[S@@](=O)Cc2nc3ccccc3s2)c1. The number of thiazole rings is 1. The molecule has 0 saturated heterocycles. The lowest BCUT2D eigenvalue weighted by atomic mass is 10.2. The van der Waals surface area contributed by atoms with Crippen LogP contribution in [0.1, 0.15) is 10.6 Å². The molecule has 0 bridgehead atoms. The van der Waals surface area contributed by atoms with Crippen molar-refractivity contribution in [2.45, 2.75) is 11.5 Å². The highest BCUT2D eigenvalue weighted by Crippen LogP contribution is 2.23. The summed E-state index contributed by atoms with van der Waals surface area (Å²) in [6.07, 6.45) is 0. The van der Waals surface area contributed by atoms with Crippen molar-refractivity contribution >= 4 is 32.4 Å². The molecule has 0 unspecified atom stereocenters. The van der Waals surface area contributed by atoms with Gasteiger partial charge >= 0.3 is 0 Å². The molecule has 0 radical (unpaired) electrons. The van der Waals surface area contributed by atoms with Gasteiger partial charge in [-0.3, -0.25) is 4.21 Å². The second-order valence-electron chi connectivity index (χ2n) is 4.66. The summed E-state index contributed by atoms with van der Waals surface area (Å²) in [4.78, 5) is 4.53. The van der Waals surface area contributed by atoms with E-state index in [-0.39, 0.29) is 0 Å². The molecular formula is C16H15NO2S2. The summed E-state index contributed by atoms with van der Waals surface area (Å²) in [5, 5.41) is 0.928. The predicted molar refractivity (Wildman–Crippen MR) is 88.2 cm³/mol. The van der Waals surface area contributed by atoms with Crippen molar-refractivity contribution in [2.75, 3.05) is 7.11 Å². The molecule has 0 fully saturated rings. The molecule has 3 nitrogen and oxygen atoms in total. The number of hydrogen-bond donors (Lipinski definition) is 0. The number of aromatic nitrogens is 1. The smallest absolute Gasteiger partial charge is 0.119 e. The number of ether oxygens (including phenoxy) is 1. The lowest BCUT2D eigenvalue weighted by molar-refractivity contribution is 0.414. The van der Waals surface area contributed by atoms with Gasteiger partial charge in [0.2, 0.25) is 0 Å². The van der Waals surface area contributed by atoms with E-state index in [4.69, 9.17) is 4.74 Å². The first-order chi connectivity index (χ1) is 10.2. The third-order valence-corrected chi connectivity index (χ3v) is 5.55. The van der Waals surface area contributed by atoms with Gasteiger partial charge in [-0.2, -0.15) is 0 Å². The molecule has 0 aliphatic heterocycles. The van der Waals surface area contributed by atoms with Gasteiger partial charge in [-0.05, 0) is 29.8 Å². The fourth-order valence-corrected chi connectivity index (χ4v) is 4.50. The highest BCUT2D eigenvalue weighted by atomic mass is 32.2. The van der Waals surface area contributed by atoms with Gasteiger partial charge in [-0.15, -0.1) is 11.3 Å². The van der Waals surface area contributed by atoms with E-state index >= 15 is 0 Å². The molecule has 2 aromatic carbocycles. The number of hydrogen-bond acceptors (Lipinski definition) is 4. The highest BCUT2D eigenvalue weighted by Gasteiger charge is 2.09. The monoisotopic (exact) mass is 317 g/mol. The molecule has 0 spiro atoms. The second-order valence-corrected chi connectivity index (χ2v) is 7.23. The maximum absolute atomic E-state index is 12.3. The average molecular weight is 317 g/mol. The van der Waals surface area contributed by atoms with E-state index in [1.165, 1.54) is 0 Å². The van der Waals surface area contributed by atoms with Crippen LogP contribution in [0.25, 0.3) is 10.2 Å². The van der Waals surface area contributed by atoms with Gasteiger partial charge in [-0.25, -0.2) is 4.98 Å². The zero-order chi connectivity index (χ0) is 14.7. The first kappa shape index (κ1) is 14.2. The molecule has 21 heavy (non-hydrogen) atoms. The van der Waals surface area contributed by atoms with Crippen LogP contribution in [-0.2, 0) is 22.3 Å². The summed E-state index contributed by atoms with van der Waals surface area (Å²) >= 11 is 1.61. The number of rotatable bonds is 5. The second kappa shape index (κ2) is 6.37. The van der Waals surface area contributed by atoms with Gasteiger partial charge in [-0.1, -0.05) is 24.3 Å². The molecule has 3 rings (SSSR count). The number of fused-ring (bicyclic) bond motifs is 1. The summed E-state index contributed by atoms with van der Waals surface area (Å²) in [6, 6.07) is 15.7. The largest absolute Gasteiger partial charge is 0.497 e. The van der Waals surface area contributed by atoms with Crippen LogP contribution in [0, 0.1) is 0 Å². The van der Waals surface area contributed by atoms with Crippen molar-refractivity contribution in [1.82, 2.24) is 4.98 Å². The molecule has 0 aliphatic carbocycles. The molecule has 0 saturated carbocycles. The van der Waals surface area contributed by atoms with E-state index < -0.39 is 10.8 Å². The van der Waals surface area contributed by atoms with Crippen LogP contribution in [0.2, 0.25) is 0 Å². The Kier molecular flexibility index (Phi) is 4.31. The predicted octanol–water partition coefficient (Wildman–Crippen LogP) is 3.75. The van der Waals surface area contributed by atoms with Crippen molar-refractivity contribution in [2.24, 2.45) is 0 Å². The van der Waals surface area contributed by atoms with E-state index in [0.29, 0.717) is 11.5 Å². The van der Waals surface area contributed by atoms with Gasteiger partial charge in [0.1, 0.15) is 10.8 Å². The fourth-order valence-electron chi connectivity index (χ4n) is 2.12. The molecule has 108 valence electrons. The topological polar surface area (TPSA) is 39.2 Å². The van der Waals surface area contributed by atoms with Crippen LogP contribution in [0.15, 0.2) is 48.5 Å². The number of benzene rings is 2. The highest BCUT2D eigenvalue weighted by molar-refractivity contribution is 7.83. The first-order valence-electron chi connectivity index (χ1n) is 6.57. The minimum atomic E-state index is -0.967. The lowest BCUT2D eigenvalue weighted by Gasteiger charge is -2.03. The summed E-state index contributed by atoms with van der Waals surface area (Å²) in [7, 11) is 0.670. The Labute approximate surface area is 130 Å². The molecule has 5 heteroatoms. The van der Waals surface area contributed by atoms with Crippen molar-refractivity contribution in [3.05, 3.63) is 59.1 Å². The molecule has 0 N–H and O–H groups in total.